The van der Waals surface area contributed by atoms with Crippen LogP contribution in [-0.2, 0) is 13.0 Å². The minimum Gasteiger partial charge on any atom is -0.381 e. The van der Waals surface area contributed by atoms with Crippen LogP contribution in [0.1, 0.15) is 28.0 Å². The lowest BCUT2D eigenvalue weighted by atomic mass is 10.0. The Balaban J connectivity index is 1.52. The number of carbonyl (C=O) groups is 1. The SMILES string of the molecule is O=C(c1cc(NCc2ccccc2)ccn1)N1CCCc2ccccc21. The smallest absolute Gasteiger partial charge is 0.276 e. The summed E-state index contributed by atoms with van der Waals surface area (Å²) in [5.41, 5.74) is 4.80. The maximum Gasteiger partial charge on any atom is 0.276 e. The summed E-state index contributed by atoms with van der Waals surface area (Å²) in [5.74, 6) is -0.0412. The van der Waals surface area contributed by atoms with Gasteiger partial charge in [0.25, 0.3) is 5.91 Å². The fourth-order valence-corrected chi connectivity index (χ4v) is 3.34. The highest BCUT2D eigenvalue weighted by atomic mass is 16.2. The van der Waals surface area contributed by atoms with Crippen molar-refractivity contribution in [2.75, 3.05) is 16.8 Å². The van der Waals surface area contributed by atoms with Crippen molar-refractivity contribution < 1.29 is 4.79 Å². The molecule has 0 radical (unpaired) electrons. The molecular formula is C22H21N3O. The molecule has 4 rings (SSSR count). The summed E-state index contributed by atoms with van der Waals surface area (Å²) < 4.78 is 0. The molecule has 1 amide bonds. The van der Waals surface area contributed by atoms with Gasteiger partial charge in [0.15, 0.2) is 0 Å². The first-order valence-corrected chi connectivity index (χ1v) is 8.95. The quantitative estimate of drug-likeness (QED) is 0.769. The molecule has 0 saturated heterocycles. The number of aryl methyl sites for hydroxylation is 1. The molecule has 3 aromatic rings. The number of hydrogen-bond acceptors (Lipinski definition) is 3. The van der Waals surface area contributed by atoms with Gasteiger partial charge in [-0.2, -0.15) is 0 Å². The zero-order chi connectivity index (χ0) is 17.8. The highest BCUT2D eigenvalue weighted by Crippen LogP contribution is 2.28. The van der Waals surface area contributed by atoms with Gasteiger partial charge in [0.1, 0.15) is 5.69 Å². The first-order valence-electron chi connectivity index (χ1n) is 8.95. The standard InChI is InChI=1S/C22H21N3O/c26-22(25-14-6-10-18-9-4-5-11-21(18)25)20-15-19(12-13-23-20)24-16-17-7-2-1-3-8-17/h1-5,7-9,11-13,15H,6,10,14,16H2,(H,23,24). The van der Waals surface area contributed by atoms with E-state index >= 15 is 0 Å². The number of para-hydroxylation sites is 1. The van der Waals surface area contributed by atoms with Crippen molar-refractivity contribution in [1.82, 2.24) is 4.98 Å². The fourth-order valence-electron chi connectivity index (χ4n) is 3.34. The molecule has 0 spiro atoms. The van der Waals surface area contributed by atoms with E-state index in [2.05, 4.69) is 28.5 Å². The van der Waals surface area contributed by atoms with Crippen molar-refractivity contribution in [3.63, 3.8) is 0 Å². The summed E-state index contributed by atoms with van der Waals surface area (Å²) in [6.45, 7) is 1.45. The molecule has 1 N–H and O–H groups in total. The second-order valence-corrected chi connectivity index (χ2v) is 6.46. The number of amides is 1. The number of pyridine rings is 1. The molecule has 0 atom stereocenters. The van der Waals surface area contributed by atoms with Gasteiger partial charge in [-0.3, -0.25) is 9.78 Å². The molecule has 4 heteroatoms. The second kappa shape index (κ2) is 7.40. The van der Waals surface area contributed by atoms with E-state index in [-0.39, 0.29) is 5.91 Å². The fraction of sp³-hybridized carbons (Fsp3) is 0.182. The Morgan fingerprint density at radius 3 is 2.73 bits per heavy atom. The third kappa shape index (κ3) is 3.45. The Morgan fingerprint density at radius 1 is 1.04 bits per heavy atom. The molecule has 4 nitrogen and oxygen atoms in total. The van der Waals surface area contributed by atoms with Crippen LogP contribution in [-0.4, -0.2) is 17.4 Å². The molecule has 2 aromatic carbocycles. The van der Waals surface area contributed by atoms with Crippen LogP contribution in [0.2, 0.25) is 0 Å². The van der Waals surface area contributed by atoms with E-state index in [0.29, 0.717) is 12.2 Å². The number of rotatable bonds is 4. The van der Waals surface area contributed by atoms with Crippen molar-refractivity contribution in [2.24, 2.45) is 0 Å². The number of hydrogen-bond donors (Lipinski definition) is 1. The summed E-state index contributed by atoms with van der Waals surface area (Å²) in [7, 11) is 0. The summed E-state index contributed by atoms with van der Waals surface area (Å²) >= 11 is 0. The number of benzene rings is 2. The molecule has 2 heterocycles. The number of fused-ring (bicyclic) bond motifs is 1. The molecule has 130 valence electrons. The van der Waals surface area contributed by atoms with Crippen LogP contribution in [0, 0.1) is 0 Å². The summed E-state index contributed by atoms with van der Waals surface area (Å²) in [5, 5.41) is 3.37. The number of nitrogens with one attached hydrogen (secondary N) is 1. The van der Waals surface area contributed by atoms with Gasteiger partial charge < -0.3 is 10.2 Å². The average Bonchev–Trinajstić information content (AvgIpc) is 2.72. The summed E-state index contributed by atoms with van der Waals surface area (Å²) in [6, 6.07) is 22.0. The Morgan fingerprint density at radius 2 is 1.85 bits per heavy atom. The average molecular weight is 343 g/mol. The van der Waals surface area contributed by atoms with Gasteiger partial charge in [-0.05, 0) is 42.2 Å². The minimum absolute atomic E-state index is 0.0412. The third-order valence-corrected chi connectivity index (χ3v) is 4.67. The van der Waals surface area contributed by atoms with Crippen LogP contribution in [0.15, 0.2) is 72.9 Å². The zero-order valence-electron chi connectivity index (χ0n) is 14.6. The van der Waals surface area contributed by atoms with Gasteiger partial charge in [0, 0.05) is 30.7 Å². The van der Waals surface area contributed by atoms with Crippen molar-refractivity contribution in [3.8, 4) is 0 Å². The molecule has 1 aliphatic rings. The van der Waals surface area contributed by atoms with E-state index in [1.165, 1.54) is 11.1 Å². The van der Waals surface area contributed by atoms with E-state index in [1.54, 1.807) is 6.20 Å². The maximum atomic E-state index is 13.0. The van der Waals surface area contributed by atoms with E-state index in [0.717, 1.165) is 30.8 Å². The molecule has 0 bridgehead atoms. The lowest BCUT2D eigenvalue weighted by molar-refractivity contribution is 0.0980. The number of aromatic nitrogens is 1. The van der Waals surface area contributed by atoms with Crippen LogP contribution in [0.5, 0.6) is 0 Å². The molecule has 0 fully saturated rings. The highest BCUT2D eigenvalue weighted by molar-refractivity contribution is 6.05. The van der Waals surface area contributed by atoms with Crippen LogP contribution in [0.3, 0.4) is 0 Å². The van der Waals surface area contributed by atoms with Gasteiger partial charge >= 0.3 is 0 Å². The predicted molar refractivity (Wildman–Crippen MR) is 104 cm³/mol. The largest absolute Gasteiger partial charge is 0.381 e. The lowest BCUT2D eigenvalue weighted by Gasteiger charge is -2.29. The first-order chi connectivity index (χ1) is 12.8. The summed E-state index contributed by atoms with van der Waals surface area (Å²) in [6.07, 6.45) is 3.69. The monoisotopic (exact) mass is 343 g/mol. The molecule has 0 unspecified atom stereocenters. The van der Waals surface area contributed by atoms with Crippen LogP contribution in [0.25, 0.3) is 0 Å². The lowest BCUT2D eigenvalue weighted by Crippen LogP contribution is -2.35. The van der Waals surface area contributed by atoms with Crippen molar-refractivity contribution in [3.05, 3.63) is 89.7 Å². The van der Waals surface area contributed by atoms with E-state index in [9.17, 15) is 4.79 Å². The van der Waals surface area contributed by atoms with Crippen molar-refractivity contribution in [2.45, 2.75) is 19.4 Å². The van der Waals surface area contributed by atoms with Gasteiger partial charge in [0.05, 0.1) is 0 Å². The molecule has 0 aliphatic carbocycles. The Bertz CT molecular complexity index is 908. The molecular weight excluding hydrogens is 322 g/mol. The zero-order valence-corrected chi connectivity index (χ0v) is 14.6. The maximum absolute atomic E-state index is 13.0. The van der Waals surface area contributed by atoms with E-state index in [1.807, 2.05) is 53.4 Å². The Hall–Kier alpha value is -3.14. The second-order valence-electron chi connectivity index (χ2n) is 6.46. The number of nitrogens with zero attached hydrogens (tertiary/aromatic N) is 2. The number of anilines is 2. The van der Waals surface area contributed by atoms with Gasteiger partial charge in [-0.15, -0.1) is 0 Å². The predicted octanol–water partition coefficient (Wildman–Crippen LogP) is 4.29. The normalized spacial score (nSPS) is 13.2. The molecule has 1 aliphatic heterocycles. The Labute approximate surface area is 153 Å². The van der Waals surface area contributed by atoms with Crippen LogP contribution < -0.4 is 10.2 Å². The topological polar surface area (TPSA) is 45.2 Å². The van der Waals surface area contributed by atoms with E-state index in [4.69, 9.17) is 0 Å². The van der Waals surface area contributed by atoms with Gasteiger partial charge in [-0.1, -0.05) is 48.5 Å². The third-order valence-electron chi connectivity index (χ3n) is 4.67. The van der Waals surface area contributed by atoms with E-state index < -0.39 is 0 Å². The van der Waals surface area contributed by atoms with Gasteiger partial charge in [-0.25, -0.2) is 0 Å². The van der Waals surface area contributed by atoms with Gasteiger partial charge in [0.2, 0.25) is 0 Å². The summed E-state index contributed by atoms with van der Waals surface area (Å²) in [4.78, 5) is 19.2. The van der Waals surface area contributed by atoms with Crippen LogP contribution in [0.4, 0.5) is 11.4 Å². The highest BCUT2D eigenvalue weighted by Gasteiger charge is 2.24. The van der Waals surface area contributed by atoms with Crippen LogP contribution >= 0.6 is 0 Å². The minimum atomic E-state index is -0.0412. The molecule has 0 saturated carbocycles. The number of carbonyl (C=O) groups excluding carboxylic acids is 1. The molecule has 1 aromatic heterocycles. The first kappa shape index (κ1) is 16.3. The van der Waals surface area contributed by atoms with Crippen molar-refractivity contribution >= 4 is 17.3 Å². The van der Waals surface area contributed by atoms with Crippen molar-refractivity contribution in [1.29, 1.82) is 0 Å². The molecule has 26 heavy (non-hydrogen) atoms. The Kier molecular flexibility index (Phi) is 4.65.